The van der Waals surface area contributed by atoms with Gasteiger partial charge in [0.2, 0.25) is 0 Å². The first kappa shape index (κ1) is 14.7. The predicted octanol–water partition coefficient (Wildman–Crippen LogP) is 1.58. The molecular formula is C16H15N5O2. The van der Waals surface area contributed by atoms with Crippen LogP contribution in [0.2, 0.25) is 0 Å². The van der Waals surface area contributed by atoms with Gasteiger partial charge in [0.1, 0.15) is 17.1 Å². The fourth-order valence-corrected chi connectivity index (χ4v) is 2.00. The van der Waals surface area contributed by atoms with Crippen molar-refractivity contribution in [1.29, 1.82) is 0 Å². The van der Waals surface area contributed by atoms with Crippen LogP contribution in [0.5, 0.6) is 5.75 Å². The van der Waals surface area contributed by atoms with Crippen LogP contribution in [0.4, 0.5) is 0 Å². The molecule has 0 bridgehead atoms. The van der Waals surface area contributed by atoms with Crippen molar-refractivity contribution >= 4 is 5.91 Å². The Morgan fingerprint density at radius 2 is 2.13 bits per heavy atom. The molecule has 1 amide bonds. The predicted molar refractivity (Wildman–Crippen MR) is 83.9 cm³/mol. The molecule has 0 spiro atoms. The van der Waals surface area contributed by atoms with Gasteiger partial charge in [-0.15, -0.1) is 0 Å². The van der Waals surface area contributed by atoms with E-state index in [1.807, 2.05) is 24.4 Å². The molecule has 3 rings (SSSR count). The van der Waals surface area contributed by atoms with Gasteiger partial charge in [0.25, 0.3) is 5.91 Å². The molecule has 2 N–H and O–H groups in total. The van der Waals surface area contributed by atoms with E-state index in [9.17, 15) is 4.79 Å². The second-order valence-electron chi connectivity index (χ2n) is 4.90. The number of aromatic nitrogens is 4. The topological polar surface area (TPSA) is 95.9 Å². The van der Waals surface area contributed by atoms with Gasteiger partial charge in [0, 0.05) is 24.7 Å². The third kappa shape index (κ3) is 3.34. The second kappa shape index (κ2) is 6.27. The summed E-state index contributed by atoms with van der Waals surface area (Å²) < 4.78 is 7.19. The maximum absolute atomic E-state index is 11.1. The minimum Gasteiger partial charge on any atom is -0.481 e. The van der Waals surface area contributed by atoms with Crippen LogP contribution in [0.1, 0.15) is 6.92 Å². The number of nitrogens with zero attached hydrogens (tertiary/aromatic N) is 4. The molecule has 0 aliphatic rings. The van der Waals surface area contributed by atoms with E-state index >= 15 is 0 Å². The third-order valence-electron chi connectivity index (χ3n) is 3.21. The minimum absolute atomic E-state index is 0.514. The van der Waals surface area contributed by atoms with E-state index in [1.54, 1.807) is 42.3 Å². The van der Waals surface area contributed by atoms with Gasteiger partial charge >= 0.3 is 0 Å². The zero-order valence-corrected chi connectivity index (χ0v) is 12.5. The Hall–Kier alpha value is -3.22. The molecule has 1 atom stereocenters. The molecule has 116 valence electrons. The Bertz CT molecular complexity index is 816. The number of hydrogen-bond acceptors (Lipinski definition) is 5. The Kier molecular flexibility index (Phi) is 4.01. The zero-order chi connectivity index (χ0) is 16.2. The number of ether oxygens (including phenoxy) is 1. The highest BCUT2D eigenvalue weighted by Gasteiger charge is 2.11. The molecule has 0 unspecified atom stereocenters. The summed E-state index contributed by atoms with van der Waals surface area (Å²) in [6.07, 6.45) is 6.01. The van der Waals surface area contributed by atoms with Gasteiger partial charge in [-0.2, -0.15) is 5.10 Å². The van der Waals surface area contributed by atoms with Crippen LogP contribution in [-0.4, -0.2) is 31.8 Å². The van der Waals surface area contributed by atoms with Crippen molar-refractivity contribution < 1.29 is 9.53 Å². The molecule has 23 heavy (non-hydrogen) atoms. The molecule has 7 heteroatoms. The number of nitrogens with two attached hydrogens (primary N) is 1. The van der Waals surface area contributed by atoms with Crippen LogP contribution in [0, 0.1) is 0 Å². The third-order valence-corrected chi connectivity index (χ3v) is 3.21. The van der Waals surface area contributed by atoms with Gasteiger partial charge in [0.15, 0.2) is 6.10 Å². The Morgan fingerprint density at radius 3 is 2.87 bits per heavy atom. The van der Waals surface area contributed by atoms with E-state index in [2.05, 4.69) is 15.1 Å². The average Bonchev–Trinajstić information content (AvgIpc) is 3.06. The molecule has 2 heterocycles. The number of carbonyl (C=O) groups is 1. The van der Waals surface area contributed by atoms with Gasteiger partial charge in [-0.1, -0.05) is 6.07 Å². The van der Waals surface area contributed by atoms with Gasteiger partial charge < -0.3 is 10.5 Å². The lowest BCUT2D eigenvalue weighted by Gasteiger charge is -2.12. The van der Waals surface area contributed by atoms with Crippen LogP contribution < -0.4 is 10.5 Å². The Balaban J connectivity index is 1.85. The normalized spacial score (nSPS) is 11.9. The Labute approximate surface area is 132 Å². The Morgan fingerprint density at radius 1 is 1.26 bits per heavy atom. The molecule has 7 nitrogen and oxygen atoms in total. The highest BCUT2D eigenvalue weighted by atomic mass is 16.5. The van der Waals surface area contributed by atoms with E-state index in [4.69, 9.17) is 10.5 Å². The van der Waals surface area contributed by atoms with Gasteiger partial charge in [-0.3, -0.25) is 14.8 Å². The smallest absolute Gasteiger partial charge is 0.258 e. The van der Waals surface area contributed by atoms with Gasteiger partial charge in [-0.25, -0.2) is 4.68 Å². The largest absolute Gasteiger partial charge is 0.481 e. The van der Waals surface area contributed by atoms with E-state index in [0.29, 0.717) is 11.4 Å². The summed E-state index contributed by atoms with van der Waals surface area (Å²) in [4.78, 5) is 19.3. The van der Waals surface area contributed by atoms with Crippen molar-refractivity contribution in [2.24, 2.45) is 5.73 Å². The highest BCUT2D eigenvalue weighted by molar-refractivity contribution is 5.78. The number of hydrogen-bond donors (Lipinski definition) is 1. The van der Waals surface area contributed by atoms with Crippen molar-refractivity contribution in [2.75, 3.05) is 0 Å². The van der Waals surface area contributed by atoms with Crippen LogP contribution in [0.25, 0.3) is 17.1 Å². The summed E-state index contributed by atoms with van der Waals surface area (Å²) in [6, 6.07) is 9.10. The highest BCUT2D eigenvalue weighted by Crippen LogP contribution is 2.20. The molecule has 3 aromatic rings. The van der Waals surface area contributed by atoms with Crippen molar-refractivity contribution in [1.82, 2.24) is 19.7 Å². The van der Waals surface area contributed by atoms with Gasteiger partial charge in [-0.05, 0) is 25.1 Å². The lowest BCUT2D eigenvalue weighted by molar-refractivity contribution is -0.123. The molecule has 0 fully saturated rings. The SMILES string of the molecule is C[C@H](Oc1cccc(-n2ccc(-c3cnccn3)n2)c1)C(N)=O. The maximum atomic E-state index is 11.1. The molecular weight excluding hydrogens is 294 g/mol. The lowest BCUT2D eigenvalue weighted by atomic mass is 10.3. The van der Waals surface area contributed by atoms with E-state index in [1.165, 1.54) is 0 Å². The molecule has 0 saturated heterocycles. The summed E-state index contributed by atoms with van der Waals surface area (Å²) in [5, 5.41) is 4.47. The number of carbonyl (C=O) groups excluding carboxylic acids is 1. The summed E-state index contributed by atoms with van der Waals surface area (Å²) in [6.45, 7) is 1.61. The maximum Gasteiger partial charge on any atom is 0.258 e. The molecule has 0 saturated carbocycles. The van der Waals surface area contributed by atoms with Crippen LogP contribution in [0.3, 0.4) is 0 Å². The minimum atomic E-state index is -0.696. The number of amides is 1. The molecule has 0 aliphatic carbocycles. The van der Waals surface area contributed by atoms with Crippen molar-refractivity contribution in [2.45, 2.75) is 13.0 Å². The first-order valence-electron chi connectivity index (χ1n) is 7.02. The summed E-state index contributed by atoms with van der Waals surface area (Å²) in [7, 11) is 0. The van der Waals surface area contributed by atoms with Crippen LogP contribution in [-0.2, 0) is 4.79 Å². The summed E-state index contributed by atoms with van der Waals surface area (Å²) in [5.74, 6) is 0.0322. The molecule has 2 aromatic heterocycles. The number of benzene rings is 1. The van der Waals surface area contributed by atoms with E-state index < -0.39 is 12.0 Å². The number of primary amides is 1. The van der Waals surface area contributed by atoms with Gasteiger partial charge in [0.05, 0.1) is 11.9 Å². The lowest BCUT2D eigenvalue weighted by Crippen LogP contribution is -2.30. The fourth-order valence-electron chi connectivity index (χ4n) is 2.00. The number of rotatable bonds is 5. The van der Waals surface area contributed by atoms with Crippen molar-refractivity contribution in [3.05, 3.63) is 55.1 Å². The zero-order valence-electron chi connectivity index (χ0n) is 12.5. The standard InChI is InChI=1S/C16H15N5O2/c1-11(16(17)22)23-13-4-2-3-12(9-13)21-8-5-14(20-21)15-10-18-6-7-19-15/h2-11H,1H3,(H2,17,22)/t11-/m0/s1. The first-order chi connectivity index (χ1) is 11.1. The summed E-state index contributed by atoms with van der Waals surface area (Å²) >= 11 is 0. The van der Waals surface area contributed by atoms with Crippen molar-refractivity contribution in [3.63, 3.8) is 0 Å². The van der Waals surface area contributed by atoms with Crippen LogP contribution >= 0.6 is 0 Å². The second-order valence-corrected chi connectivity index (χ2v) is 4.90. The molecule has 0 aliphatic heterocycles. The quantitative estimate of drug-likeness (QED) is 0.772. The average molecular weight is 309 g/mol. The fraction of sp³-hybridized carbons (Fsp3) is 0.125. The molecule has 1 aromatic carbocycles. The van der Waals surface area contributed by atoms with Crippen LogP contribution in [0.15, 0.2) is 55.1 Å². The van der Waals surface area contributed by atoms with Crippen molar-refractivity contribution in [3.8, 4) is 22.8 Å². The van der Waals surface area contributed by atoms with E-state index in [0.717, 1.165) is 11.4 Å². The first-order valence-corrected chi connectivity index (χ1v) is 7.02. The summed E-state index contributed by atoms with van der Waals surface area (Å²) in [5.41, 5.74) is 7.42. The molecule has 0 radical (unpaired) electrons. The monoisotopic (exact) mass is 309 g/mol. The van der Waals surface area contributed by atoms with E-state index in [-0.39, 0.29) is 0 Å².